The van der Waals surface area contributed by atoms with Crippen LogP contribution in [0.5, 0.6) is 5.75 Å². The van der Waals surface area contributed by atoms with Crippen LogP contribution in [-0.2, 0) is 14.2 Å². The number of ketones is 1. The van der Waals surface area contributed by atoms with E-state index in [0.717, 1.165) is 82.3 Å². The van der Waals surface area contributed by atoms with Crippen molar-refractivity contribution in [3.8, 4) is 5.75 Å². The van der Waals surface area contributed by atoms with Gasteiger partial charge in [0.2, 0.25) is 0 Å². The first-order valence-corrected chi connectivity index (χ1v) is 13.3. The molecule has 2 heterocycles. The second-order valence-electron chi connectivity index (χ2n) is 11.2. The third-order valence-electron chi connectivity index (χ3n) is 9.36. The molecule has 2 saturated heterocycles. The second kappa shape index (κ2) is 8.98. The van der Waals surface area contributed by atoms with Crippen molar-refractivity contribution in [3.63, 3.8) is 0 Å². The van der Waals surface area contributed by atoms with Gasteiger partial charge in [-0.15, -0.1) is 0 Å². The molecule has 5 aliphatic rings. The first kappa shape index (κ1) is 22.1. The predicted octanol–water partition coefficient (Wildman–Crippen LogP) is 6.00. The molecule has 4 fully saturated rings. The molecule has 7 unspecified atom stereocenters. The molecule has 1 aromatic rings. The van der Waals surface area contributed by atoms with E-state index in [1.54, 1.807) is 0 Å². The lowest BCUT2D eigenvalue weighted by molar-refractivity contribution is -0.212. The Bertz CT molecular complexity index is 871. The van der Waals surface area contributed by atoms with E-state index in [-0.39, 0.29) is 29.9 Å². The van der Waals surface area contributed by atoms with E-state index >= 15 is 0 Å². The van der Waals surface area contributed by atoms with Crippen LogP contribution in [0.1, 0.15) is 99.4 Å². The summed E-state index contributed by atoms with van der Waals surface area (Å²) in [6, 6.07) is 6.21. The highest BCUT2D eigenvalue weighted by Crippen LogP contribution is 2.61. The molecule has 5 nitrogen and oxygen atoms in total. The maximum atomic E-state index is 13.3. The average Bonchev–Trinajstić information content (AvgIpc) is 3.17. The van der Waals surface area contributed by atoms with Crippen LogP contribution < -0.4 is 4.74 Å². The molecule has 2 saturated carbocycles. The first-order chi connectivity index (χ1) is 16.1. The van der Waals surface area contributed by atoms with Crippen LogP contribution in [0.2, 0.25) is 0 Å². The molecule has 1 aromatic carbocycles. The number of fused-ring (bicyclic) bond motifs is 5. The zero-order valence-corrected chi connectivity index (χ0v) is 19.9. The summed E-state index contributed by atoms with van der Waals surface area (Å²) < 4.78 is 24.3. The normalized spacial score (nSPS) is 40.6. The van der Waals surface area contributed by atoms with E-state index in [2.05, 4.69) is 19.1 Å². The lowest BCUT2D eigenvalue weighted by atomic mass is 9.55. The van der Waals surface area contributed by atoms with E-state index in [1.165, 1.54) is 12.0 Å². The van der Waals surface area contributed by atoms with Crippen LogP contribution >= 0.6 is 0 Å². The Morgan fingerprint density at radius 3 is 2.48 bits per heavy atom. The van der Waals surface area contributed by atoms with Crippen LogP contribution in [0.3, 0.4) is 0 Å². The van der Waals surface area contributed by atoms with Crippen molar-refractivity contribution < 1.29 is 23.7 Å². The predicted molar refractivity (Wildman–Crippen MR) is 124 cm³/mol. The molecule has 180 valence electrons. The summed E-state index contributed by atoms with van der Waals surface area (Å²) in [6.07, 6.45) is 11.8. The summed E-state index contributed by atoms with van der Waals surface area (Å²) in [4.78, 5) is 13.3. The van der Waals surface area contributed by atoms with Crippen LogP contribution in [-0.4, -0.2) is 37.7 Å². The largest absolute Gasteiger partial charge is 0.465 e. The van der Waals surface area contributed by atoms with Crippen molar-refractivity contribution in [2.75, 3.05) is 13.2 Å². The number of carbonyl (C=O) groups excluding carboxylic acids is 1. The Balaban J connectivity index is 1.19. The van der Waals surface area contributed by atoms with Gasteiger partial charge in [0.1, 0.15) is 5.75 Å². The fourth-order valence-electron chi connectivity index (χ4n) is 7.59. The maximum absolute atomic E-state index is 13.3. The summed E-state index contributed by atoms with van der Waals surface area (Å²) in [5, 5.41) is 0. The molecule has 0 spiro atoms. The Morgan fingerprint density at radius 1 is 0.939 bits per heavy atom. The van der Waals surface area contributed by atoms with Gasteiger partial charge >= 0.3 is 0 Å². The Morgan fingerprint density at radius 2 is 1.73 bits per heavy atom. The number of rotatable bonds is 4. The summed E-state index contributed by atoms with van der Waals surface area (Å²) in [5.41, 5.74) is 2.28. The van der Waals surface area contributed by atoms with Crippen molar-refractivity contribution in [3.05, 3.63) is 29.3 Å². The SMILES string of the molecule is CC12CCC3c4ccc(OC5CCCCO5)cc4C(=O)CC3C1CCC2OC1CCCCO1. The van der Waals surface area contributed by atoms with Gasteiger partial charge in [0, 0.05) is 25.0 Å². The molecule has 6 rings (SSSR count). The van der Waals surface area contributed by atoms with E-state index in [1.807, 2.05) is 6.07 Å². The van der Waals surface area contributed by atoms with E-state index in [0.29, 0.717) is 24.2 Å². The van der Waals surface area contributed by atoms with Crippen molar-refractivity contribution >= 4 is 5.78 Å². The first-order valence-electron chi connectivity index (χ1n) is 13.3. The molecule has 0 bridgehead atoms. The monoisotopic (exact) mass is 454 g/mol. The zero-order chi connectivity index (χ0) is 22.4. The third-order valence-corrected chi connectivity index (χ3v) is 9.36. The molecule has 0 aromatic heterocycles. The fourth-order valence-corrected chi connectivity index (χ4v) is 7.59. The van der Waals surface area contributed by atoms with E-state index < -0.39 is 0 Å². The lowest BCUT2D eigenvalue weighted by Gasteiger charge is -2.50. The summed E-state index contributed by atoms with van der Waals surface area (Å²) in [6.45, 7) is 4.01. The lowest BCUT2D eigenvalue weighted by Crippen LogP contribution is -2.46. The van der Waals surface area contributed by atoms with Gasteiger partial charge in [-0.05, 0) is 98.7 Å². The van der Waals surface area contributed by atoms with Gasteiger partial charge in [0.05, 0.1) is 12.7 Å². The minimum Gasteiger partial charge on any atom is -0.465 e. The van der Waals surface area contributed by atoms with Crippen LogP contribution in [0.25, 0.3) is 0 Å². The smallest absolute Gasteiger partial charge is 0.199 e. The topological polar surface area (TPSA) is 54.0 Å². The Labute approximate surface area is 197 Å². The van der Waals surface area contributed by atoms with Gasteiger partial charge in [-0.2, -0.15) is 0 Å². The number of carbonyl (C=O) groups is 1. The molecular weight excluding hydrogens is 416 g/mol. The molecule has 7 atom stereocenters. The van der Waals surface area contributed by atoms with Crippen LogP contribution in [0, 0.1) is 17.3 Å². The van der Waals surface area contributed by atoms with Crippen molar-refractivity contribution in [1.82, 2.24) is 0 Å². The summed E-state index contributed by atoms with van der Waals surface area (Å²) >= 11 is 0. The zero-order valence-electron chi connectivity index (χ0n) is 19.9. The Hall–Kier alpha value is -1.43. The Kier molecular flexibility index (Phi) is 6.00. The second-order valence-corrected chi connectivity index (χ2v) is 11.2. The standard InChI is InChI=1S/C28H38O5/c1-28-13-12-20-19-9-8-18(32-26-6-2-4-14-30-26)16-22(19)24(29)17-21(20)23(28)10-11-25(28)33-27-7-3-5-15-31-27/h8-9,16,20-21,23,25-27H,2-7,10-15,17H2,1H3. The minimum absolute atomic E-state index is 0.0303. The van der Waals surface area contributed by atoms with Crippen molar-refractivity contribution in [2.45, 2.75) is 102 Å². The van der Waals surface area contributed by atoms with Crippen molar-refractivity contribution in [1.29, 1.82) is 0 Å². The van der Waals surface area contributed by atoms with Gasteiger partial charge in [-0.3, -0.25) is 4.79 Å². The van der Waals surface area contributed by atoms with Gasteiger partial charge in [0.15, 0.2) is 18.4 Å². The van der Waals surface area contributed by atoms with Gasteiger partial charge in [-0.1, -0.05) is 13.0 Å². The summed E-state index contributed by atoms with van der Waals surface area (Å²) in [5.74, 6) is 2.51. The number of hydrogen-bond donors (Lipinski definition) is 0. The van der Waals surface area contributed by atoms with E-state index in [9.17, 15) is 4.79 Å². The molecule has 3 aliphatic carbocycles. The van der Waals surface area contributed by atoms with Gasteiger partial charge in [-0.25, -0.2) is 0 Å². The quantitative estimate of drug-likeness (QED) is 0.558. The number of ether oxygens (including phenoxy) is 4. The number of Topliss-reactive ketones (excluding diaryl/α,β-unsaturated/α-hetero) is 1. The van der Waals surface area contributed by atoms with Crippen LogP contribution in [0.15, 0.2) is 18.2 Å². The average molecular weight is 455 g/mol. The molecule has 33 heavy (non-hydrogen) atoms. The highest BCUT2D eigenvalue weighted by atomic mass is 16.7. The molecule has 5 heteroatoms. The molecule has 0 amide bonds. The fraction of sp³-hybridized carbons (Fsp3) is 0.750. The highest BCUT2D eigenvalue weighted by molar-refractivity contribution is 5.99. The highest BCUT2D eigenvalue weighted by Gasteiger charge is 2.56. The maximum Gasteiger partial charge on any atom is 0.199 e. The third kappa shape index (κ3) is 4.04. The number of benzene rings is 1. The summed E-state index contributed by atoms with van der Waals surface area (Å²) in [7, 11) is 0. The van der Waals surface area contributed by atoms with Gasteiger partial charge in [0.25, 0.3) is 0 Å². The van der Waals surface area contributed by atoms with Crippen molar-refractivity contribution in [2.24, 2.45) is 17.3 Å². The molecular formula is C28H38O5. The molecule has 0 radical (unpaired) electrons. The number of hydrogen-bond acceptors (Lipinski definition) is 5. The van der Waals surface area contributed by atoms with Gasteiger partial charge < -0.3 is 18.9 Å². The molecule has 2 aliphatic heterocycles. The van der Waals surface area contributed by atoms with Crippen LogP contribution in [0.4, 0.5) is 0 Å². The molecule has 0 N–H and O–H groups in total. The van der Waals surface area contributed by atoms with E-state index in [4.69, 9.17) is 18.9 Å². The minimum atomic E-state index is -0.179.